The molecule has 5 aromatic rings. The topological polar surface area (TPSA) is 77.5 Å². The fourth-order valence-corrected chi connectivity index (χ4v) is 5.72. The van der Waals surface area contributed by atoms with Gasteiger partial charge in [0.1, 0.15) is 24.6 Å². The Morgan fingerprint density at radius 1 is 1.00 bits per heavy atom. The van der Waals surface area contributed by atoms with Crippen LogP contribution in [0.1, 0.15) is 23.7 Å². The Hall–Kier alpha value is -4.53. The van der Waals surface area contributed by atoms with Crippen LogP contribution in [0.5, 0.6) is 0 Å². The number of ether oxygens (including phenoxy) is 1. The molecule has 2 unspecified atom stereocenters. The number of imidazole rings is 1. The van der Waals surface area contributed by atoms with Crippen molar-refractivity contribution in [2.45, 2.75) is 25.5 Å². The van der Waals surface area contributed by atoms with Gasteiger partial charge in [0.05, 0.1) is 11.4 Å². The third-order valence-corrected chi connectivity index (χ3v) is 7.63. The number of pyridine rings is 1. The van der Waals surface area contributed by atoms with E-state index in [1.165, 1.54) is 18.5 Å². The van der Waals surface area contributed by atoms with Gasteiger partial charge in [-0.15, -0.1) is 0 Å². The molecular weight excluding hydrogens is 483 g/mol. The van der Waals surface area contributed by atoms with Crippen LogP contribution >= 0.6 is 0 Å². The highest BCUT2D eigenvalue weighted by atomic mass is 19.1. The number of fused-ring (bicyclic) bond motifs is 4. The van der Waals surface area contributed by atoms with Crippen LogP contribution in [-0.2, 0) is 17.9 Å². The second kappa shape index (κ2) is 9.09. The monoisotopic (exact) mass is 508 g/mol. The van der Waals surface area contributed by atoms with Gasteiger partial charge in [0.2, 0.25) is 0 Å². The first-order valence-corrected chi connectivity index (χ1v) is 12.8. The molecule has 0 saturated carbocycles. The average molecular weight is 509 g/mol. The maximum atomic E-state index is 13.7. The predicted octanol–water partition coefficient (Wildman–Crippen LogP) is 5.15. The zero-order valence-corrected chi connectivity index (χ0v) is 20.6. The number of amides is 1. The first kappa shape index (κ1) is 22.7. The smallest absolute Gasteiger partial charge is 0.410 e. The highest BCUT2D eigenvalue weighted by Gasteiger charge is 2.42. The van der Waals surface area contributed by atoms with Crippen molar-refractivity contribution >= 4 is 11.7 Å². The van der Waals surface area contributed by atoms with Crippen LogP contribution in [0.15, 0.2) is 79.3 Å². The molecule has 5 heterocycles. The number of halogens is 1. The number of likely N-dealkylation sites (tertiary alicyclic amines) is 1. The van der Waals surface area contributed by atoms with Gasteiger partial charge in [0.25, 0.3) is 0 Å². The third-order valence-electron chi connectivity index (χ3n) is 7.63. The lowest BCUT2D eigenvalue weighted by atomic mass is 9.87. The number of rotatable bonds is 4. The van der Waals surface area contributed by atoms with Gasteiger partial charge in [0.15, 0.2) is 5.65 Å². The first-order valence-electron chi connectivity index (χ1n) is 12.8. The zero-order valence-electron chi connectivity index (χ0n) is 20.6. The van der Waals surface area contributed by atoms with E-state index in [1.807, 2.05) is 48.7 Å². The molecule has 2 aromatic carbocycles. The Morgan fingerprint density at radius 2 is 1.82 bits per heavy atom. The summed E-state index contributed by atoms with van der Waals surface area (Å²) in [6.07, 6.45) is 4.06. The molecule has 1 amide bonds. The van der Waals surface area contributed by atoms with Crippen molar-refractivity contribution in [3.05, 3.63) is 96.5 Å². The van der Waals surface area contributed by atoms with E-state index in [1.54, 1.807) is 21.5 Å². The van der Waals surface area contributed by atoms with Crippen LogP contribution in [0.4, 0.5) is 9.18 Å². The average Bonchev–Trinajstić information content (AvgIpc) is 3.66. The first-order chi connectivity index (χ1) is 18.6. The quantitative estimate of drug-likeness (QED) is 0.335. The fourth-order valence-electron chi connectivity index (χ4n) is 5.72. The van der Waals surface area contributed by atoms with E-state index in [0.29, 0.717) is 19.0 Å². The van der Waals surface area contributed by atoms with Crippen molar-refractivity contribution in [1.82, 2.24) is 29.0 Å². The van der Waals surface area contributed by atoms with E-state index < -0.39 is 0 Å². The molecule has 0 aliphatic carbocycles. The van der Waals surface area contributed by atoms with Crippen molar-refractivity contribution in [2.75, 3.05) is 13.1 Å². The van der Waals surface area contributed by atoms with E-state index in [0.717, 1.165) is 52.5 Å². The van der Waals surface area contributed by atoms with Crippen LogP contribution in [0.3, 0.4) is 0 Å². The van der Waals surface area contributed by atoms with Crippen LogP contribution < -0.4 is 0 Å². The molecule has 0 spiro atoms. The summed E-state index contributed by atoms with van der Waals surface area (Å²) in [5.74, 6) is 1.13. The molecule has 0 radical (unpaired) electrons. The summed E-state index contributed by atoms with van der Waals surface area (Å²) in [5, 5.41) is 4.31. The maximum Gasteiger partial charge on any atom is 0.410 e. The summed E-state index contributed by atoms with van der Waals surface area (Å²) < 4.78 is 23.4. The van der Waals surface area contributed by atoms with Crippen molar-refractivity contribution in [3.8, 4) is 22.5 Å². The number of nitrogens with zero attached hydrogens (tertiary/aromatic N) is 6. The normalized spacial score (nSPS) is 18.4. The van der Waals surface area contributed by atoms with Gasteiger partial charge in [-0.05, 0) is 54.3 Å². The summed E-state index contributed by atoms with van der Waals surface area (Å²) in [7, 11) is 0. The lowest BCUT2D eigenvalue weighted by Crippen LogP contribution is -2.42. The Labute approximate surface area is 218 Å². The highest BCUT2D eigenvalue weighted by Crippen LogP contribution is 2.45. The molecule has 2 aliphatic rings. The molecule has 9 heteroatoms. The molecule has 2 atom stereocenters. The summed E-state index contributed by atoms with van der Waals surface area (Å²) in [6.45, 7) is 2.28. The van der Waals surface area contributed by atoms with Crippen molar-refractivity contribution < 1.29 is 13.9 Å². The number of aromatic nitrogens is 5. The second-order valence-corrected chi connectivity index (χ2v) is 9.91. The molecule has 0 N–H and O–H groups in total. The lowest BCUT2D eigenvalue weighted by molar-refractivity contribution is 0.0779. The number of carbonyl (C=O) groups excluding carboxylic acids is 1. The molecular formula is C29H25FN6O2. The van der Waals surface area contributed by atoms with E-state index in [9.17, 15) is 9.18 Å². The molecule has 0 bridgehead atoms. The summed E-state index contributed by atoms with van der Waals surface area (Å²) >= 11 is 0. The summed E-state index contributed by atoms with van der Waals surface area (Å²) in [4.78, 5) is 24.1. The van der Waals surface area contributed by atoms with E-state index in [4.69, 9.17) is 9.72 Å². The Kier molecular flexibility index (Phi) is 5.42. The largest absolute Gasteiger partial charge is 0.445 e. The van der Waals surface area contributed by atoms with Crippen molar-refractivity contribution in [3.63, 3.8) is 0 Å². The second-order valence-electron chi connectivity index (χ2n) is 9.91. The summed E-state index contributed by atoms with van der Waals surface area (Å²) in [5.41, 5.74) is 5.28. The molecule has 190 valence electrons. The minimum Gasteiger partial charge on any atom is -0.445 e. The van der Waals surface area contributed by atoms with E-state index in [-0.39, 0.29) is 24.4 Å². The predicted molar refractivity (Wildman–Crippen MR) is 139 cm³/mol. The van der Waals surface area contributed by atoms with Crippen LogP contribution in [0.2, 0.25) is 0 Å². The zero-order chi connectivity index (χ0) is 25.6. The van der Waals surface area contributed by atoms with Crippen LogP contribution in [0, 0.1) is 11.7 Å². The van der Waals surface area contributed by atoms with Gasteiger partial charge in [0, 0.05) is 42.9 Å². The SMILES string of the molecule is O=C(OCc1ccccc1)N1CCC2Cn3c(nc(-c4ccc(F)cc4)c3-c3ccc4ncnn4c3)C2C1. The van der Waals surface area contributed by atoms with Gasteiger partial charge in [-0.3, -0.25) is 0 Å². The Bertz CT molecular complexity index is 1630. The van der Waals surface area contributed by atoms with Crippen LogP contribution in [-0.4, -0.2) is 48.2 Å². The number of piperidine rings is 1. The molecule has 1 saturated heterocycles. The van der Waals surface area contributed by atoms with E-state index >= 15 is 0 Å². The number of carbonyl (C=O) groups is 1. The van der Waals surface area contributed by atoms with Crippen molar-refractivity contribution in [1.29, 1.82) is 0 Å². The van der Waals surface area contributed by atoms with Gasteiger partial charge in [-0.1, -0.05) is 30.3 Å². The van der Waals surface area contributed by atoms with E-state index in [2.05, 4.69) is 14.6 Å². The standard InChI is InChI=1S/C29H25FN6O2/c30-23-9-6-20(7-10-23)26-27(22-8-11-25-31-18-32-36(25)15-22)35-14-21-12-13-34(16-24(21)28(35)33-26)29(37)38-17-19-4-2-1-3-5-19/h1-11,15,18,21,24H,12-14,16-17H2. The van der Waals surface area contributed by atoms with Gasteiger partial charge in [-0.2, -0.15) is 5.10 Å². The van der Waals surface area contributed by atoms with Gasteiger partial charge < -0.3 is 14.2 Å². The molecule has 1 fully saturated rings. The van der Waals surface area contributed by atoms with Gasteiger partial charge in [-0.25, -0.2) is 23.7 Å². The maximum absolute atomic E-state index is 13.7. The number of benzene rings is 2. The Balaban J connectivity index is 1.22. The highest BCUT2D eigenvalue weighted by molar-refractivity contribution is 5.80. The third kappa shape index (κ3) is 3.91. The minimum atomic E-state index is -0.298. The molecule has 38 heavy (non-hydrogen) atoms. The van der Waals surface area contributed by atoms with Gasteiger partial charge >= 0.3 is 6.09 Å². The minimum absolute atomic E-state index is 0.0936. The molecule has 3 aromatic heterocycles. The fraction of sp³-hybridized carbons (Fsp3) is 0.241. The lowest BCUT2D eigenvalue weighted by Gasteiger charge is -2.33. The number of hydrogen-bond donors (Lipinski definition) is 0. The van der Waals surface area contributed by atoms with Crippen molar-refractivity contribution in [2.24, 2.45) is 5.92 Å². The Morgan fingerprint density at radius 3 is 2.66 bits per heavy atom. The molecule has 2 aliphatic heterocycles. The van der Waals surface area contributed by atoms with Crippen LogP contribution in [0.25, 0.3) is 28.2 Å². The summed E-state index contributed by atoms with van der Waals surface area (Å²) in [6, 6.07) is 20.1. The molecule has 7 rings (SSSR count). The number of hydrogen-bond acceptors (Lipinski definition) is 5. The molecule has 8 nitrogen and oxygen atoms in total.